The third-order valence-corrected chi connectivity index (χ3v) is 2.23. The molecule has 0 heterocycles. The molecule has 0 unspecified atom stereocenters. The predicted molar refractivity (Wildman–Crippen MR) is 67.7 cm³/mol. The second-order valence-corrected chi connectivity index (χ2v) is 5.22. The van der Waals surface area contributed by atoms with Crippen molar-refractivity contribution in [2.75, 3.05) is 0 Å². The maximum absolute atomic E-state index is 11.7. The molecule has 0 aliphatic heterocycles. The normalized spacial score (nSPS) is 13.2. The number of nitrogens with one attached hydrogen (secondary N) is 1. The van der Waals surface area contributed by atoms with E-state index in [0.717, 1.165) is 5.56 Å². The molecule has 0 saturated heterocycles. The monoisotopic (exact) mass is 236 g/mol. The van der Waals surface area contributed by atoms with Crippen molar-refractivity contribution in [2.45, 2.75) is 38.8 Å². The molecule has 0 spiro atoms. The molecule has 4 nitrogen and oxygen atoms in total. The zero-order chi connectivity index (χ0) is 13.1. The second-order valence-electron chi connectivity index (χ2n) is 5.22. The van der Waals surface area contributed by atoms with E-state index in [1.54, 1.807) is 24.3 Å². The average molecular weight is 236 g/mol. The Bertz CT molecular complexity index is 379. The van der Waals surface area contributed by atoms with Crippen LogP contribution in [0.5, 0.6) is 5.75 Å². The van der Waals surface area contributed by atoms with E-state index in [2.05, 4.69) is 5.32 Å². The number of nitrogens with two attached hydrogens (primary N) is 1. The molecule has 1 atom stereocenters. The lowest BCUT2D eigenvalue weighted by Gasteiger charge is -2.23. The summed E-state index contributed by atoms with van der Waals surface area (Å²) in [5, 5.41) is 12.0. The molecule has 94 valence electrons. The predicted octanol–water partition coefficient (Wildman–Crippen LogP) is 1.18. The Labute approximate surface area is 102 Å². The van der Waals surface area contributed by atoms with Crippen molar-refractivity contribution in [1.82, 2.24) is 5.32 Å². The van der Waals surface area contributed by atoms with Gasteiger partial charge in [-0.15, -0.1) is 0 Å². The quantitative estimate of drug-likeness (QED) is 0.737. The largest absolute Gasteiger partial charge is 0.508 e. The van der Waals surface area contributed by atoms with Crippen LogP contribution >= 0.6 is 0 Å². The maximum atomic E-state index is 11.7. The van der Waals surface area contributed by atoms with Gasteiger partial charge in [-0.25, -0.2) is 0 Å². The van der Waals surface area contributed by atoms with Crippen molar-refractivity contribution < 1.29 is 9.90 Å². The van der Waals surface area contributed by atoms with Gasteiger partial charge in [-0.05, 0) is 44.9 Å². The first-order chi connectivity index (χ1) is 7.78. The molecule has 4 N–H and O–H groups in total. The van der Waals surface area contributed by atoms with Gasteiger partial charge in [0.05, 0.1) is 6.04 Å². The molecule has 0 aromatic heterocycles. The first-order valence-electron chi connectivity index (χ1n) is 5.63. The number of amides is 1. The highest BCUT2D eigenvalue weighted by molar-refractivity contribution is 5.82. The van der Waals surface area contributed by atoms with E-state index in [-0.39, 0.29) is 17.2 Å². The van der Waals surface area contributed by atoms with Gasteiger partial charge in [-0.3, -0.25) is 4.79 Å². The maximum Gasteiger partial charge on any atom is 0.237 e. The number of hydrogen-bond acceptors (Lipinski definition) is 3. The Kier molecular flexibility index (Phi) is 4.12. The van der Waals surface area contributed by atoms with E-state index in [1.165, 1.54) is 0 Å². The molecule has 0 aliphatic rings. The lowest BCUT2D eigenvalue weighted by Crippen LogP contribution is -2.49. The van der Waals surface area contributed by atoms with Crippen LogP contribution in [-0.2, 0) is 11.2 Å². The highest BCUT2D eigenvalue weighted by Crippen LogP contribution is 2.11. The van der Waals surface area contributed by atoms with E-state index in [1.807, 2.05) is 20.8 Å². The highest BCUT2D eigenvalue weighted by Gasteiger charge is 2.19. The minimum atomic E-state index is -0.571. The molecule has 0 aliphatic carbocycles. The molecule has 0 bridgehead atoms. The zero-order valence-electron chi connectivity index (χ0n) is 10.5. The summed E-state index contributed by atoms with van der Waals surface area (Å²) in [7, 11) is 0. The first-order valence-corrected chi connectivity index (χ1v) is 5.63. The van der Waals surface area contributed by atoms with Gasteiger partial charge in [0, 0.05) is 5.54 Å². The van der Waals surface area contributed by atoms with E-state index < -0.39 is 6.04 Å². The van der Waals surface area contributed by atoms with Crippen LogP contribution in [0.4, 0.5) is 0 Å². The van der Waals surface area contributed by atoms with Crippen LogP contribution in [0.1, 0.15) is 26.3 Å². The van der Waals surface area contributed by atoms with Gasteiger partial charge in [-0.1, -0.05) is 12.1 Å². The lowest BCUT2D eigenvalue weighted by atomic mass is 10.0. The Balaban J connectivity index is 2.57. The van der Waals surface area contributed by atoms with Crippen molar-refractivity contribution in [1.29, 1.82) is 0 Å². The number of benzene rings is 1. The third kappa shape index (κ3) is 4.87. The van der Waals surface area contributed by atoms with Crippen molar-refractivity contribution >= 4 is 5.91 Å². The summed E-state index contributed by atoms with van der Waals surface area (Å²) >= 11 is 0. The fourth-order valence-electron chi connectivity index (χ4n) is 1.44. The van der Waals surface area contributed by atoms with Crippen molar-refractivity contribution in [3.8, 4) is 5.75 Å². The van der Waals surface area contributed by atoms with Crippen molar-refractivity contribution in [3.05, 3.63) is 29.8 Å². The molecule has 0 saturated carbocycles. The first kappa shape index (κ1) is 13.5. The van der Waals surface area contributed by atoms with E-state index in [0.29, 0.717) is 6.42 Å². The summed E-state index contributed by atoms with van der Waals surface area (Å²) in [6.45, 7) is 5.74. The number of carbonyl (C=O) groups is 1. The van der Waals surface area contributed by atoms with Gasteiger partial charge in [-0.2, -0.15) is 0 Å². The lowest BCUT2D eigenvalue weighted by molar-refractivity contribution is -0.123. The molecular weight excluding hydrogens is 216 g/mol. The second kappa shape index (κ2) is 5.19. The summed E-state index contributed by atoms with van der Waals surface area (Å²) in [6, 6.07) is 6.13. The van der Waals surface area contributed by atoms with Gasteiger partial charge in [0.1, 0.15) is 5.75 Å². The standard InChI is InChI=1S/C13H20N2O2/c1-13(2,3)15-12(17)11(14)8-9-4-6-10(16)7-5-9/h4-7,11,16H,8,14H2,1-3H3,(H,15,17)/t11-/m0/s1. The number of hydrogen-bond donors (Lipinski definition) is 3. The highest BCUT2D eigenvalue weighted by atomic mass is 16.3. The van der Waals surface area contributed by atoms with Crippen LogP contribution in [0.2, 0.25) is 0 Å². The van der Waals surface area contributed by atoms with E-state index in [9.17, 15) is 4.79 Å². The summed E-state index contributed by atoms with van der Waals surface area (Å²) in [5.74, 6) is 0.0482. The summed E-state index contributed by atoms with van der Waals surface area (Å²) in [6.07, 6.45) is 0.461. The topological polar surface area (TPSA) is 75.4 Å². The molecule has 1 aromatic carbocycles. The number of aromatic hydroxyl groups is 1. The van der Waals surface area contributed by atoms with Crippen LogP contribution in [0, 0.1) is 0 Å². The van der Waals surface area contributed by atoms with E-state index in [4.69, 9.17) is 10.8 Å². The van der Waals surface area contributed by atoms with E-state index >= 15 is 0 Å². The minimum absolute atomic E-state index is 0.162. The number of phenols is 1. The molecule has 1 aromatic rings. The molecule has 0 radical (unpaired) electrons. The van der Waals surface area contributed by atoms with Crippen molar-refractivity contribution in [3.63, 3.8) is 0 Å². The Hall–Kier alpha value is -1.55. The van der Waals surface area contributed by atoms with Gasteiger partial charge in [0.25, 0.3) is 0 Å². The smallest absolute Gasteiger partial charge is 0.237 e. The van der Waals surface area contributed by atoms with Crippen LogP contribution in [0.3, 0.4) is 0 Å². The van der Waals surface area contributed by atoms with Crippen LogP contribution in [0.15, 0.2) is 24.3 Å². The molecule has 1 rings (SSSR count). The molecular formula is C13H20N2O2. The summed E-state index contributed by atoms with van der Waals surface area (Å²) < 4.78 is 0. The minimum Gasteiger partial charge on any atom is -0.508 e. The molecule has 0 fully saturated rings. The fourth-order valence-corrected chi connectivity index (χ4v) is 1.44. The number of carbonyl (C=O) groups excluding carboxylic acids is 1. The number of phenolic OH excluding ortho intramolecular Hbond substituents is 1. The Morgan fingerprint density at radius 1 is 1.35 bits per heavy atom. The fraction of sp³-hybridized carbons (Fsp3) is 0.462. The zero-order valence-corrected chi connectivity index (χ0v) is 10.5. The number of rotatable bonds is 3. The van der Waals surface area contributed by atoms with Gasteiger partial charge >= 0.3 is 0 Å². The van der Waals surface area contributed by atoms with Crippen LogP contribution in [0.25, 0.3) is 0 Å². The van der Waals surface area contributed by atoms with Gasteiger partial charge in [0.15, 0.2) is 0 Å². The van der Waals surface area contributed by atoms with Gasteiger partial charge in [0.2, 0.25) is 5.91 Å². The molecule has 17 heavy (non-hydrogen) atoms. The SMILES string of the molecule is CC(C)(C)NC(=O)[C@@H](N)Cc1ccc(O)cc1. The van der Waals surface area contributed by atoms with Crippen LogP contribution < -0.4 is 11.1 Å². The Morgan fingerprint density at radius 3 is 2.35 bits per heavy atom. The van der Waals surface area contributed by atoms with Crippen LogP contribution in [-0.4, -0.2) is 22.6 Å². The Morgan fingerprint density at radius 2 is 1.88 bits per heavy atom. The summed E-state index contributed by atoms with van der Waals surface area (Å²) in [4.78, 5) is 11.7. The summed E-state index contributed by atoms with van der Waals surface area (Å²) in [5.41, 5.74) is 6.48. The average Bonchev–Trinajstić information content (AvgIpc) is 2.19. The van der Waals surface area contributed by atoms with Crippen molar-refractivity contribution in [2.24, 2.45) is 5.73 Å². The third-order valence-electron chi connectivity index (χ3n) is 2.23. The van der Waals surface area contributed by atoms with Gasteiger partial charge < -0.3 is 16.2 Å². The molecule has 4 heteroatoms. The molecule has 1 amide bonds.